The zero-order valence-corrected chi connectivity index (χ0v) is 16.5. The molecule has 7 heteroatoms. The number of aryl methyl sites for hydroxylation is 1. The monoisotopic (exact) mass is 396 g/mol. The fourth-order valence-corrected chi connectivity index (χ4v) is 3.45. The summed E-state index contributed by atoms with van der Waals surface area (Å²) in [6.45, 7) is 4.55. The number of rotatable bonds is 7. The molecule has 0 aliphatic carbocycles. The molecule has 0 bridgehead atoms. The summed E-state index contributed by atoms with van der Waals surface area (Å²) in [4.78, 5) is 12.4. The van der Waals surface area contributed by atoms with Crippen LogP contribution in [0.5, 0.6) is 0 Å². The van der Waals surface area contributed by atoms with Crippen LogP contribution in [0, 0.1) is 19.7 Å². The van der Waals surface area contributed by atoms with E-state index in [9.17, 15) is 9.18 Å². The Hall–Kier alpha value is -2.93. The third-order valence-corrected chi connectivity index (χ3v) is 5.24. The van der Waals surface area contributed by atoms with Crippen LogP contribution in [0.15, 0.2) is 64.6 Å². The second kappa shape index (κ2) is 9.32. The standard InChI is InChI=1S/C21H21FN4OS/c1-15-18(16(2)26(25-15)13-17-8-4-3-5-9-17)12-23-24-21(27)14-28-20-11-7-6-10-19(20)22/h3-12H,13-14H2,1-2H3,(H,24,27)/b23-12-. The summed E-state index contributed by atoms with van der Waals surface area (Å²) < 4.78 is 15.5. The maximum absolute atomic E-state index is 13.6. The molecule has 1 amide bonds. The molecule has 0 aliphatic rings. The molecule has 1 N–H and O–H groups in total. The highest BCUT2D eigenvalue weighted by Gasteiger charge is 2.10. The van der Waals surface area contributed by atoms with Gasteiger partial charge in [-0.1, -0.05) is 42.5 Å². The van der Waals surface area contributed by atoms with E-state index in [4.69, 9.17) is 0 Å². The van der Waals surface area contributed by atoms with Crippen LogP contribution < -0.4 is 5.43 Å². The quantitative estimate of drug-likeness (QED) is 0.374. The lowest BCUT2D eigenvalue weighted by Crippen LogP contribution is -2.19. The van der Waals surface area contributed by atoms with Crippen molar-refractivity contribution in [3.8, 4) is 0 Å². The van der Waals surface area contributed by atoms with E-state index in [-0.39, 0.29) is 17.5 Å². The summed E-state index contributed by atoms with van der Waals surface area (Å²) in [7, 11) is 0. The number of carbonyl (C=O) groups is 1. The molecule has 0 fully saturated rings. The van der Waals surface area contributed by atoms with E-state index >= 15 is 0 Å². The zero-order valence-electron chi connectivity index (χ0n) is 15.7. The van der Waals surface area contributed by atoms with Crippen LogP contribution in [-0.2, 0) is 11.3 Å². The van der Waals surface area contributed by atoms with Gasteiger partial charge in [0.1, 0.15) is 5.82 Å². The van der Waals surface area contributed by atoms with Crippen LogP contribution >= 0.6 is 11.8 Å². The number of amides is 1. The highest BCUT2D eigenvalue weighted by molar-refractivity contribution is 8.00. The average molecular weight is 396 g/mol. The highest BCUT2D eigenvalue weighted by Crippen LogP contribution is 2.20. The Labute approximate surface area is 167 Å². The fourth-order valence-electron chi connectivity index (χ4n) is 2.71. The number of hydrazone groups is 1. The van der Waals surface area contributed by atoms with Crippen molar-refractivity contribution in [1.29, 1.82) is 0 Å². The van der Waals surface area contributed by atoms with E-state index in [0.717, 1.165) is 34.3 Å². The van der Waals surface area contributed by atoms with E-state index in [0.29, 0.717) is 11.4 Å². The molecule has 0 unspecified atom stereocenters. The molecule has 0 spiro atoms. The average Bonchev–Trinajstić information content (AvgIpc) is 2.95. The smallest absolute Gasteiger partial charge is 0.250 e. The third-order valence-electron chi connectivity index (χ3n) is 4.19. The van der Waals surface area contributed by atoms with E-state index in [1.54, 1.807) is 24.4 Å². The van der Waals surface area contributed by atoms with Crippen molar-refractivity contribution >= 4 is 23.9 Å². The molecule has 0 atom stereocenters. The zero-order chi connectivity index (χ0) is 19.9. The van der Waals surface area contributed by atoms with Crippen LogP contribution in [0.3, 0.4) is 0 Å². The molecule has 0 radical (unpaired) electrons. The number of benzene rings is 2. The van der Waals surface area contributed by atoms with Gasteiger partial charge in [0.2, 0.25) is 5.91 Å². The number of thioether (sulfide) groups is 1. The largest absolute Gasteiger partial charge is 0.272 e. The summed E-state index contributed by atoms with van der Waals surface area (Å²) in [6.07, 6.45) is 1.60. The Balaban J connectivity index is 1.58. The molecular formula is C21H21FN4OS. The number of nitrogens with zero attached hydrogens (tertiary/aromatic N) is 3. The van der Waals surface area contributed by atoms with Crippen molar-refractivity contribution in [3.63, 3.8) is 0 Å². The molecule has 1 heterocycles. The number of hydrogen-bond donors (Lipinski definition) is 1. The first-order valence-corrected chi connectivity index (χ1v) is 9.80. The molecule has 0 saturated heterocycles. The Morgan fingerprint density at radius 2 is 1.89 bits per heavy atom. The van der Waals surface area contributed by atoms with Crippen LogP contribution in [0.1, 0.15) is 22.5 Å². The number of aromatic nitrogens is 2. The summed E-state index contributed by atoms with van der Waals surface area (Å²) in [6, 6.07) is 16.5. The minimum atomic E-state index is -0.333. The lowest BCUT2D eigenvalue weighted by molar-refractivity contribution is -0.118. The van der Waals surface area contributed by atoms with Gasteiger partial charge in [-0.25, -0.2) is 9.82 Å². The Bertz CT molecular complexity index is 985. The normalized spacial score (nSPS) is 11.1. The lowest BCUT2D eigenvalue weighted by atomic mass is 10.2. The lowest BCUT2D eigenvalue weighted by Gasteiger charge is -2.04. The first-order chi connectivity index (χ1) is 13.5. The number of halogens is 1. The van der Waals surface area contributed by atoms with Gasteiger partial charge in [-0.05, 0) is 31.5 Å². The van der Waals surface area contributed by atoms with Gasteiger partial charge < -0.3 is 0 Å². The van der Waals surface area contributed by atoms with Gasteiger partial charge >= 0.3 is 0 Å². The van der Waals surface area contributed by atoms with E-state index < -0.39 is 0 Å². The third kappa shape index (κ3) is 5.07. The van der Waals surface area contributed by atoms with E-state index in [2.05, 4.69) is 27.8 Å². The second-order valence-electron chi connectivity index (χ2n) is 6.24. The predicted molar refractivity (Wildman–Crippen MR) is 110 cm³/mol. The Morgan fingerprint density at radius 3 is 2.64 bits per heavy atom. The van der Waals surface area contributed by atoms with Gasteiger partial charge in [-0.3, -0.25) is 9.48 Å². The van der Waals surface area contributed by atoms with E-state index in [1.165, 1.54) is 6.07 Å². The van der Waals surface area contributed by atoms with Crippen molar-refractivity contribution in [2.24, 2.45) is 5.10 Å². The SMILES string of the molecule is Cc1nn(Cc2ccccc2)c(C)c1/C=N\NC(=O)CSc1ccccc1F. The van der Waals surface area contributed by atoms with Gasteiger partial charge in [-0.15, -0.1) is 11.8 Å². The molecule has 1 aromatic heterocycles. The molecule has 3 aromatic rings. The van der Waals surface area contributed by atoms with Crippen molar-refractivity contribution in [3.05, 3.63) is 82.9 Å². The van der Waals surface area contributed by atoms with Crippen LogP contribution in [0.25, 0.3) is 0 Å². The van der Waals surface area contributed by atoms with Gasteiger partial charge in [0.25, 0.3) is 0 Å². The first-order valence-electron chi connectivity index (χ1n) is 8.81. The van der Waals surface area contributed by atoms with Crippen LogP contribution in [0.4, 0.5) is 4.39 Å². The van der Waals surface area contributed by atoms with Crippen molar-refractivity contribution < 1.29 is 9.18 Å². The minimum absolute atomic E-state index is 0.0868. The molecular weight excluding hydrogens is 375 g/mol. The topological polar surface area (TPSA) is 59.3 Å². The molecule has 28 heavy (non-hydrogen) atoms. The summed E-state index contributed by atoms with van der Waals surface area (Å²) in [5, 5.41) is 8.59. The summed E-state index contributed by atoms with van der Waals surface area (Å²) in [5.74, 6) is -0.541. The van der Waals surface area contributed by atoms with Crippen LogP contribution in [-0.4, -0.2) is 27.7 Å². The Morgan fingerprint density at radius 1 is 1.18 bits per heavy atom. The van der Waals surface area contributed by atoms with Gasteiger partial charge in [0, 0.05) is 16.2 Å². The fraction of sp³-hybridized carbons (Fsp3) is 0.190. The summed E-state index contributed by atoms with van der Waals surface area (Å²) >= 11 is 1.14. The molecule has 5 nitrogen and oxygen atoms in total. The van der Waals surface area contributed by atoms with Gasteiger partial charge in [0.15, 0.2) is 0 Å². The number of nitrogens with one attached hydrogen (secondary N) is 1. The van der Waals surface area contributed by atoms with Gasteiger partial charge in [0.05, 0.1) is 24.2 Å². The highest BCUT2D eigenvalue weighted by atomic mass is 32.2. The number of carbonyl (C=O) groups excluding carboxylic acids is 1. The maximum atomic E-state index is 13.6. The predicted octanol–water partition coefficient (Wildman–Crippen LogP) is 3.93. The summed E-state index contributed by atoms with van der Waals surface area (Å²) in [5.41, 5.74) is 6.33. The van der Waals surface area contributed by atoms with E-state index in [1.807, 2.05) is 36.7 Å². The molecule has 0 saturated carbocycles. The van der Waals surface area contributed by atoms with Crippen LogP contribution in [0.2, 0.25) is 0 Å². The number of hydrogen-bond acceptors (Lipinski definition) is 4. The van der Waals surface area contributed by atoms with Crippen molar-refractivity contribution in [2.45, 2.75) is 25.3 Å². The Kier molecular flexibility index (Phi) is 6.60. The maximum Gasteiger partial charge on any atom is 0.250 e. The minimum Gasteiger partial charge on any atom is -0.272 e. The van der Waals surface area contributed by atoms with Crippen molar-refractivity contribution in [2.75, 3.05) is 5.75 Å². The molecule has 3 rings (SSSR count). The van der Waals surface area contributed by atoms with Gasteiger partial charge in [-0.2, -0.15) is 10.2 Å². The molecule has 0 aliphatic heterocycles. The first kappa shape index (κ1) is 19.8. The second-order valence-corrected chi connectivity index (χ2v) is 7.26. The molecule has 144 valence electrons. The van der Waals surface area contributed by atoms with Crippen molar-refractivity contribution in [1.82, 2.24) is 15.2 Å². The molecule has 2 aromatic carbocycles.